The first-order valence-corrected chi connectivity index (χ1v) is 6.60. The minimum Gasteiger partial charge on any atom is -0.359 e. The van der Waals surface area contributed by atoms with Crippen molar-refractivity contribution >= 4 is 5.82 Å². The van der Waals surface area contributed by atoms with Crippen molar-refractivity contribution in [3.8, 4) is 0 Å². The fourth-order valence-electron chi connectivity index (χ4n) is 2.60. The van der Waals surface area contributed by atoms with E-state index in [-0.39, 0.29) is 0 Å². The summed E-state index contributed by atoms with van der Waals surface area (Å²) < 4.78 is 0. The Labute approximate surface area is 109 Å². The molecule has 2 rings (SSSR count). The molecule has 1 aromatic rings. The molecule has 2 heterocycles. The summed E-state index contributed by atoms with van der Waals surface area (Å²) in [5, 5.41) is 0. The van der Waals surface area contributed by atoms with E-state index in [0.29, 0.717) is 12.4 Å². The van der Waals surface area contributed by atoms with Crippen LogP contribution in [0, 0.1) is 5.92 Å². The zero-order valence-electron chi connectivity index (χ0n) is 11.3. The molecule has 1 atom stereocenters. The number of hydrogen-bond donors (Lipinski definition) is 1. The highest BCUT2D eigenvalue weighted by molar-refractivity contribution is 5.36. The number of nitrogens with zero attached hydrogens (tertiary/aromatic N) is 4. The molecule has 18 heavy (non-hydrogen) atoms. The number of nitrogens with two attached hydrogens (primary N) is 1. The van der Waals surface area contributed by atoms with Gasteiger partial charge in [-0.2, -0.15) is 0 Å². The summed E-state index contributed by atoms with van der Waals surface area (Å²) in [5.41, 5.74) is 5.57. The van der Waals surface area contributed by atoms with Crippen LogP contribution in [0.15, 0.2) is 12.3 Å². The average molecular weight is 249 g/mol. The molecule has 1 unspecified atom stereocenters. The van der Waals surface area contributed by atoms with Crippen LogP contribution in [-0.4, -0.2) is 48.6 Å². The second-order valence-electron chi connectivity index (χ2n) is 5.19. The molecule has 1 saturated heterocycles. The van der Waals surface area contributed by atoms with Gasteiger partial charge in [0.15, 0.2) is 0 Å². The van der Waals surface area contributed by atoms with Gasteiger partial charge in [-0.05, 0) is 38.4 Å². The number of aromatic nitrogens is 2. The Kier molecular flexibility index (Phi) is 4.49. The lowest BCUT2D eigenvalue weighted by Crippen LogP contribution is -2.38. The normalized spacial score (nSPS) is 20.9. The molecule has 1 aliphatic heterocycles. The van der Waals surface area contributed by atoms with E-state index in [4.69, 9.17) is 5.73 Å². The summed E-state index contributed by atoms with van der Waals surface area (Å²) in [5.74, 6) is 2.41. The van der Waals surface area contributed by atoms with E-state index in [1.165, 1.54) is 25.9 Å². The van der Waals surface area contributed by atoms with Crippen molar-refractivity contribution in [3.05, 3.63) is 18.1 Å². The Morgan fingerprint density at radius 1 is 1.56 bits per heavy atom. The van der Waals surface area contributed by atoms with Crippen molar-refractivity contribution in [3.63, 3.8) is 0 Å². The molecule has 0 spiro atoms. The van der Waals surface area contributed by atoms with Crippen LogP contribution in [0.3, 0.4) is 0 Å². The highest BCUT2D eigenvalue weighted by Crippen LogP contribution is 2.18. The van der Waals surface area contributed by atoms with Gasteiger partial charge in [0.1, 0.15) is 11.6 Å². The lowest BCUT2D eigenvalue weighted by Gasteiger charge is -2.32. The van der Waals surface area contributed by atoms with Crippen LogP contribution >= 0.6 is 0 Å². The molecule has 2 N–H and O–H groups in total. The minimum atomic E-state index is 0.397. The Bertz CT molecular complexity index is 381. The molecule has 0 aliphatic carbocycles. The fraction of sp³-hybridized carbons (Fsp3) is 0.692. The molecule has 0 bridgehead atoms. The van der Waals surface area contributed by atoms with Crippen LogP contribution in [0.5, 0.6) is 0 Å². The van der Waals surface area contributed by atoms with Gasteiger partial charge in [-0.15, -0.1) is 0 Å². The van der Waals surface area contributed by atoms with Gasteiger partial charge in [-0.25, -0.2) is 9.97 Å². The molecule has 0 amide bonds. The van der Waals surface area contributed by atoms with Crippen molar-refractivity contribution in [1.29, 1.82) is 0 Å². The molecular weight excluding hydrogens is 226 g/mol. The summed E-state index contributed by atoms with van der Waals surface area (Å²) in [6.45, 7) is 3.85. The van der Waals surface area contributed by atoms with Crippen LogP contribution in [0.2, 0.25) is 0 Å². The third-order valence-corrected chi connectivity index (χ3v) is 3.52. The van der Waals surface area contributed by atoms with Crippen molar-refractivity contribution in [1.82, 2.24) is 14.9 Å². The summed E-state index contributed by atoms with van der Waals surface area (Å²) >= 11 is 0. The van der Waals surface area contributed by atoms with Crippen molar-refractivity contribution in [2.45, 2.75) is 19.4 Å². The molecular formula is C13H23N5. The van der Waals surface area contributed by atoms with E-state index < -0.39 is 0 Å². The molecule has 5 heteroatoms. The van der Waals surface area contributed by atoms with Crippen LogP contribution < -0.4 is 10.6 Å². The molecule has 1 aromatic heterocycles. The van der Waals surface area contributed by atoms with Crippen molar-refractivity contribution < 1.29 is 0 Å². The van der Waals surface area contributed by atoms with Gasteiger partial charge in [-0.3, -0.25) is 0 Å². The molecule has 1 aliphatic rings. The van der Waals surface area contributed by atoms with E-state index in [2.05, 4.69) is 33.9 Å². The summed E-state index contributed by atoms with van der Waals surface area (Å²) in [4.78, 5) is 13.2. The topological polar surface area (TPSA) is 58.3 Å². The lowest BCUT2D eigenvalue weighted by molar-refractivity contribution is 0.213. The molecule has 5 nitrogen and oxygen atoms in total. The van der Waals surface area contributed by atoms with Crippen LogP contribution in [0.1, 0.15) is 18.7 Å². The second-order valence-corrected chi connectivity index (χ2v) is 5.19. The maximum absolute atomic E-state index is 5.57. The van der Waals surface area contributed by atoms with Gasteiger partial charge >= 0.3 is 0 Å². The highest BCUT2D eigenvalue weighted by atomic mass is 15.2. The van der Waals surface area contributed by atoms with Gasteiger partial charge in [0.25, 0.3) is 0 Å². The highest BCUT2D eigenvalue weighted by Gasteiger charge is 2.19. The molecule has 0 radical (unpaired) electrons. The Morgan fingerprint density at radius 3 is 3.11 bits per heavy atom. The fourth-order valence-corrected chi connectivity index (χ4v) is 2.60. The molecule has 100 valence electrons. The zero-order valence-corrected chi connectivity index (χ0v) is 11.3. The van der Waals surface area contributed by atoms with E-state index in [1.54, 1.807) is 6.20 Å². The van der Waals surface area contributed by atoms with Crippen LogP contribution in [0.4, 0.5) is 5.82 Å². The maximum Gasteiger partial charge on any atom is 0.144 e. The molecule has 0 aromatic carbocycles. The maximum atomic E-state index is 5.57. The van der Waals surface area contributed by atoms with E-state index in [1.807, 2.05) is 6.07 Å². The van der Waals surface area contributed by atoms with Gasteiger partial charge in [0.05, 0.1) is 6.54 Å². The lowest BCUT2D eigenvalue weighted by atomic mass is 9.98. The Morgan fingerprint density at radius 2 is 2.39 bits per heavy atom. The number of likely N-dealkylation sites (tertiary alicyclic amines) is 1. The SMILES string of the molecule is CN1CCCC(CN(C)c2ccnc(CN)n2)C1. The van der Waals surface area contributed by atoms with Crippen molar-refractivity contribution in [2.75, 3.05) is 38.6 Å². The van der Waals surface area contributed by atoms with Gasteiger partial charge in [-0.1, -0.05) is 0 Å². The van der Waals surface area contributed by atoms with Gasteiger partial charge in [0, 0.05) is 26.3 Å². The number of anilines is 1. The first kappa shape index (κ1) is 13.2. The predicted molar refractivity (Wildman–Crippen MR) is 73.4 cm³/mol. The zero-order chi connectivity index (χ0) is 13.0. The first-order chi connectivity index (χ1) is 8.69. The van der Waals surface area contributed by atoms with Crippen LogP contribution in [0.25, 0.3) is 0 Å². The van der Waals surface area contributed by atoms with E-state index in [9.17, 15) is 0 Å². The van der Waals surface area contributed by atoms with E-state index >= 15 is 0 Å². The predicted octanol–water partition coefficient (Wildman–Crippen LogP) is 0.713. The van der Waals surface area contributed by atoms with E-state index in [0.717, 1.165) is 18.3 Å². The Hall–Kier alpha value is -1.20. The smallest absolute Gasteiger partial charge is 0.144 e. The third-order valence-electron chi connectivity index (χ3n) is 3.52. The molecule has 0 saturated carbocycles. The first-order valence-electron chi connectivity index (χ1n) is 6.60. The minimum absolute atomic E-state index is 0.397. The Balaban J connectivity index is 1.95. The summed E-state index contributed by atoms with van der Waals surface area (Å²) in [7, 11) is 4.29. The quantitative estimate of drug-likeness (QED) is 0.852. The second kappa shape index (κ2) is 6.11. The van der Waals surface area contributed by atoms with Gasteiger partial charge < -0.3 is 15.5 Å². The molecule has 1 fully saturated rings. The number of hydrogen-bond acceptors (Lipinski definition) is 5. The van der Waals surface area contributed by atoms with Crippen molar-refractivity contribution in [2.24, 2.45) is 11.7 Å². The third kappa shape index (κ3) is 3.40. The monoisotopic (exact) mass is 249 g/mol. The standard InChI is InChI=1S/C13H23N5/c1-17-7-3-4-11(9-17)10-18(2)13-5-6-15-12(8-14)16-13/h5-6,11H,3-4,7-10,14H2,1-2H3. The summed E-state index contributed by atoms with van der Waals surface area (Å²) in [6.07, 6.45) is 4.39. The average Bonchev–Trinajstić information content (AvgIpc) is 2.39. The summed E-state index contributed by atoms with van der Waals surface area (Å²) in [6, 6.07) is 1.95. The number of rotatable bonds is 4. The van der Waals surface area contributed by atoms with Gasteiger partial charge in [0.2, 0.25) is 0 Å². The van der Waals surface area contributed by atoms with Crippen LogP contribution in [-0.2, 0) is 6.54 Å². The number of piperidine rings is 1. The largest absolute Gasteiger partial charge is 0.359 e.